The van der Waals surface area contributed by atoms with E-state index in [0.717, 1.165) is 21.6 Å². The van der Waals surface area contributed by atoms with Crippen molar-refractivity contribution in [3.63, 3.8) is 0 Å². The third-order valence-corrected chi connectivity index (χ3v) is 4.67. The highest BCUT2D eigenvalue weighted by Gasteiger charge is 2.12. The van der Waals surface area contributed by atoms with Crippen molar-refractivity contribution < 1.29 is 9.53 Å². The Balaban J connectivity index is 1.62. The van der Waals surface area contributed by atoms with Gasteiger partial charge in [0.25, 0.3) is 0 Å². The van der Waals surface area contributed by atoms with Gasteiger partial charge in [0, 0.05) is 10.2 Å². The van der Waals surface area contributed by atoms with E-state index in [1.807, 2.05) is 48.5 Å². The molecule has 0 spiro atoms. The van der Waals surface area contributed by atoms with E-state index in [0.29, 0.717) is 5.16 Å². The van der Waals surface area contributed by atoms with Crippen LogP contribution in [0.4, 0.5) is 5.69 Å². The van der Waals surface area contributed by atoms with Crippen molar-refractivity contribution in [2.75, 3.05) is 18.2 Å². The molecular weight excluding hydrogens is 406 g/mol. The van der Waals surface area contributed by atoms with E-state index >= 15 is 0 Å². The lowest BCUT2D eigenvalue weighted by molar-refractivity contribution is -0.113. The number of nitrogens with one attached hydrogen (secondary N) is 1. The van der Waals surface area contributed by atoms with Crippen LogP contribution in [0.3, 0.4) is 0 Å². The first-order valence-electron chi connectivity index (χ1n) is 7.27. The van der Waals surface area contributed by atoms with Crippen molar-refractivity contribution >= 4 is 39.3 Å². The molecule has 1 heterocycles. The van der Waals surface area contributed by atoms with Crippen molar-refractivity contribution in [3.8, 4) is 11.4 Å². The van der Waals surface area contributed by atoms with Crippen LogP contribution in [-0.4, -0.2) is 39.0 Å². The molecule has 0 bridgehead atoms. The second-order valence-electron chi connectivity index (χ2n) is 4.92. The summed E-state index contributed by atoms with van der Waals surface area (Å²) in [6, 6.07) is 14.7. The highest BCUT2D eigenvalue weighted by molar-refractivity contribution is 9.10. The summed E-state index contributed by atoms with van der Waals surface area (Å²) in [7, 11) is 1.61. The van der Waals surface area contributed by atoms with Crippen LogP contribution in [0, 0.1) is 0 Å². The summed E-state index contributed by atoms with van der Waals surface area (Å²) in [5.74, 6) is 0.823. The number of nitrogens with zero attached hydrogens (tertiary/aromatic N) is 4. The van der Waals surface area contributed by atoms with Gasteiger partial charge in [-0.1, -0.05) is 27.7 Å². The quantitative estimate of drug-likeness (QED) is 0.617. The number of halogens is 1. The van der Waals surface area contributed by atoms with Crippen LogP contribution >= 0.6 is 27.7 Å². The molecule has 0 radical (unpaired) electrons. The van der Waals surface area contributed by atoms with Crippen LogP contribution in [0.25, 0.3) is 5.69 Å². The summed E-state index contributed by atoms with van der Waals surface area (Å²) in [5, 5.41) is 15.0. The molecule has 3 aromatic rings. The molecule has 9 heteroatoms. The number of aromatic nitrogens is 4. The van der Waals surface area contributed by atoms with Crippen molar-refractivity contribution in [2.45, 2.75) is 5.16 Å². The molecule has 1 aromatic heterocycles. The molecular formula is C16H14BrN5O2S. The monoisotopic (exact) mass is 419 g/mol. The molecule has 128 valence electrons. The van der Waals surface area contributed by atoms with E-state index in [-0.39, 0.29) is 11.7 Å². The lowest BCUT2D eigenvalue weighted by Crippen LogP contribution is -2.14. The SMILES string of the molecule is COc1ccc(-n2nnnc2SCC(=O)Nc2ccc(Br)cc2)cc1. The first-order chi connectivity index (χ1) is 12.2. The topological polar surface area (TPSA) is 81.9 Å². The molecule has 1 N–H and O–H groups in total. The van der Waals surface area contributed by atoms with Gasteiger partial charge in [0.05, 0.1) is 18.6 Å². The molecule has 0 aliphatic heterocycles. The largest absolute Gasteiger partial charge is 0.497 e. The van der Waals surface area contributed by atoms with Crippen LogP contribution < -0.4 is 10.1 Å². The highest BCUT2D eigenvalue weighted by Crippen LogP contribution is 2.21. The van der Waals surface area contributed by atoms with Gasteiger partial charge in [-0.3, -0.25) is 4.79 Å². The Morgan fingerprint density at radius 1 is 1.20 bits per heavy atom. The van der Waals surface area contributed by atoms with Gasteiger partial charge in [-0.15, -0.1) is 5.10 Å². The number of thioether (sulfide) groups is 1. The zero-order chi connectivity index (χ0) is 17.6. The number of rotatable bonds is 6. The zero-order valence-electron chi connectivity index (χ0n) is 13.2. The summed E-state index contributed by atoms with van der Waals surface area (Å²) in [4.78, 5) is 12.1. The van der Waals surface area contributed by atoms with E-state index in [1.165, 1.54) is 11.8 Å². The number of methoxy groups -OCH3 is 1. The van der Waals surface area contributed by atoms with Gasteiger partial charge in [-0.2, -0.15) is 4.68 Å². The van der Waals surface area contributed by atoms with Crippen LogP contribution in [0.5, 0.6) is 5.75 Å². The standard InChI is InChI=1S/C16H14BrN5O2S/c1-24-14-8-6-13(7-9-14)22-16(19-20-21-22)25-10-15(23)18-12-4-2-11(17)3-5-12/h2-9H,10H2,1H3,(H,18,23). The maximum absolute atomic E-state index is 12.1. The number of hydrogen-bond donors (Lipinski definition) is 1. The first-order valence-corrected chi connectivity index (χ1v) is 9.04. The summed E-state index contributed by atoms with van der Waals surface area (Å²) in [6.45, 7) is 0. The van der Waals surface area contributed by atoms with Crippen LogP contribution in [0.15, 0.2) is 58.2 Å². The van der Waals surface area contributed by atoms with E-state index in [1.54, 1.807) is 11.8 Å². The fraction of sp³-hybridized carbons (Fsp3) is 0.125. The lowest BCUT2D eigenvalue weighted by Gasteiger charge is -2.06. The Bertz CT molecular complexity index is 852. The molecule has 0 aliphatic carbocycles. The molecule has 3 rings (SSSR count). The summed E-state index contributed by atoms with van der Waals surface area (Å²) in [6.07, 6.45) is 0. The number of carbonyl (C=O) groups is 1. The van der Waals surface area contributed by atoms with Gasteiger partial charge in [0.15, 0.2) is 0 Å². The lowest BCUT2D eigenvalue weighted by atomic mass is 10.3. The smallest absolute Gasteiger partial charge is 0.234 e. The Kier molecular flexibility index (Phi) is 5.67. The second-order valence-corrected chi connectivity index (χ2v) is 6.77. The molecule has 0 saturated carbocycles. The number of carbonyl (C=O) groups excluding carboxylic acids is 1. The average molecular weight is 420 g/mol. The Labute approximate surface area is 156 Å². The second kappa shape index (κ2) is 8.13. The Morgan fingerprint density at radius 2 is 1.92 bits per heavy atom. The van der Waals surface area contributed by atoms with Crippen molar-refractivity contribution in [2.24, 2.45) is 0 Å². The summed E-state index contributed by atoms with van der Waals surface area (Å²) >= 11 is 4.62. The number of tetrazole rings is 1. The molecule has 1 amide bonds. The van der Waals surface area contributed by atoms with Crippen LogP contribution in [0.2, 0.25) is 0 Å². The molecule has 0 saturated heterocycles. The van der Waals surface area contributed by atoms with Crippen molar-refractivity contribution in [1.82, 2.24) is 20.2 Å². The van der Waals surface area contributed by atoms with Gasteiger partial charge < -0.3 is 10.1 Å². The maximum Gasteiger partial charge on any atom is 0.234 e. The molecule has 0 fully saturated rings. The van der Waals surface area contributed by atoms with Gasteiger partial charge in [-0.05, 0) is 59.0 Å². The predicted molar refractivity (Wildman–Crippen MR) is 99.2 cm³/mol. The first kappa shape index (κ1) is 17.4. The molecule has 0 atom stereocenters. The number of ether oxygens (including phenoxy) is 1. The molecule has 0 unspecified atom stereocenters. The van der Waals surface area contributed by atoms with Crippen LogP contribution in [-0.2, 0) is 4.79 Å². The number of anilines is 1. The third-order valence-electron chi connectivity index (χ3n) is 3.22. The average Bonchev–Trinajstić information content (AvgIpc) is 3.10. The zero-order valence-corrected chi connectivity index (χ0v) is 15.6. The minimum atomic E-state index is -0.128. The maximum atomic E-state index is 12.1. The number of amides is 1. The third kappa shape index (κ3) is 4.58. The molecule has 7 nitrogen and oxygen atoms in total. The molecule has 2 aromatic carbocycles. The van der Waals surface area contributed by atoms with E-state index in [4.69, 9.17) is 4.74 Å². The normalized spacial score (nSPS) is 10.5. The van der Waals surface area contributed by atoms with E-state index < -0.39 is 0 Å². The van der Waals surface area contributed by atoms with Crippen molar-refractivity contribution in [1.29, 1.82) is 0 Å². The molecule has 0 aliphatic rings. The molecule has 25 heavy (non-hydrogen) atoms. The summed E-state index contributed by atoms with van der Waals surface area (Å²) in [5.41, 5.74) is 1.53. The van der Waals surface area contributed by atoms with Gasteiger partial charge >= 0.3 is 0 Å². The predicted octanol–water partition coefficient (Wildman–Crippen LogP) is 3.16. The highest BCUT2D eigenvalue weighted by atomic mass is 79.9. The summed E-state index contributed by atoms with van der Waals surface area (Å²) < 4.78 is 7.68. The van der Waals surface area contributed by atoms with Crippen LogP contribution in [0.1, 0.15) is 0 Å². The number of hydrogen-bond acceptors (Lipinski definition) is 6. The van der Waals surface area contributed by atoms with Crippen molar-refractivity contribution in [3.05, 3.63) is 53.0 Å². The van der Waals surface area contributed by atoms with E-state index in [2.05, 4.69) is 36.8 Å². The minimum Gasteiger partial charge on any atom is -0.497 e. The van der Waals surface area contributed by atoms with Gasteiger partial charge in [0.1, 0.15) is 5.75 Å². The number of benzene rings is 2. The fourth-order valence-electron chi connectivity index (χ4n) is 2.01. The fourth-order valence-corrected chi connectivity index (χ4v) is 2.97. The Morgan fingerprint density at radius 3 is 2.60 bits per heavy atom. The van der Waals surface area contributed by atoms with Gasteiger partial charge in [0.2, 0.25) is 11.1 Å². The minimum absolute atomic E-state index is 0.128. The van der Waals surface area contributed by atoms with E-state index in [9.17, 15) is 4.79 Å². The Hall–Kier alpha value is -2.39. The van der Waals surface area contributed by atoms with Gasteiger partial charge in [-0.25, -0.2) is 0 Å².